The van der Waals surface area contributed by atoms with Crippen molar-refractivity contribution in [3.8, 4) is 17.2 Å². The molecule has 120 valence electrons. The molecule has 0 saturated carbocycles. The van der Waals surface area contributed by atoms with Crippen molar-refractivity contribution in [1.82, 2.24) is 5.32 Å². The normalized spacial score (nSPS) is 11.9. The lowest BCUT2D eigenvalue weighted by molar-refractivity contribution is 0.173. The van der Waals surface area contributed by atoms with Gasteiger partial charge in [0.1, 0.15) is 12.4 Å². The number of aryl methyl sites for hydroxylation is 1. The first-order valence-corrected chi connectivity index (χ1v) is 7.35. The molecule has 1 heterocycles. The van der Waals surface area contributed by atoms with Crippen LogP contribution in [0.4, 0.5) is 10.5 Å². The number of ether oxygens (including phenoxy) is 3. The van der Waals surface area contributed by atoms with Crippen molar-refractivity contribution in [2.75, 3.05) is 25.3 Å². The number of para-hydroxylation sites is 1. The highest BCUT2D eigenvalue weighted by Crippen LogP contribution is 2.34. The molecule has 2 amide bonds. The lowest BCUT2D eigenvalue weighted by atomic mass is 10.2. The summed E-state index contributed by atoms with van der Waals surface area (Å²) in [5.74, 6) is 2.07. The fourth-order valence-electron chi connectivity index (χ4n) is 2.18. The van der Waals surface area contributed by atoms with Crippen LogP contribution in [0.15, 0.2) is 42.5 Å². The van der Waals surface area contributed by atoms with Crippen LogP contribution in [0.2, 0.25) is 0 Å². The molecule has 0 atom stereocenters. The standard InChI is InChI=1S/C17H18N2O4/c1-12-4-2-3-5-14(12)19-17(20)18-8-9-21-13-6-7-15-16(10-13)23-11-22-15/h2-7,10H,8-9,11H2,1H3,(H2,18,19,20). The molecule has 2 N–H and O–H groups in total. The quantitative estimate of drug-likeness (QED) is 0.833. The number of carbonyl (C=O) groups excluding carboxylic acids is 1. The lowest BCUT2D eigenvalue weighted by Gasteiger charge is -2.10. The average molecular weight is 314 g/mol. The van der Waals surface area contributed by atoms with Gasteiger partial charge in [0.25, 0.3) is 0 Å². The molecule has 0 saturated heterocycles. The van der Waals surface area contributed by atoms with E-state index in [0.29, 0.717) is 30.4 Å². The number of anilines is 1. The summed E-state index contributed by atoms with van der Waals surface area (Å²) < 4.78 is 16.1. The number of benzene rings is 2. The minimum atomic E-state index is -0.256. The molecule has 3 rings (SSSR count). The summed E-state index contributed by atoms with van der Waals surface area (Å²) in [5, 5.41) is 5.55. The van der Waals surface area contributed by atoms with E-state index in [1.54, 1.807) is 18.2 Å². The van der Waals surface area contributed by atoms with Gasteiger partial charge in [0.2, 0.25) is 6.79 Å². The maximum absolute atomic E-state index is 11.8. The molecule has 0 unspecified atom stereocenters. The smallest absolute Gasteiger partial charge is 0.319 e. The highest BCUT2D eigenvalue weighted by atomic mass is 16.7. The summed E-state index contributed by atoms with van der Waals surface area (Å²) in [6.45, 7) is 2.94. The van der Waals surface area contributed by atoms with Gasteiger partial charge >= 0.3 is 6.03 Å². The predicted octanol–water partition coefficient (Wildman–Crippen LogP) is 2.92. The Morgan fingerprint density at radius 2 is 2.00 bits per heavy atom. The summed E-state index contributed by atoms with van der Waals surface area (Å²) in [4.78, 5) is 11.8. The van der Waals surface area contributed by atoms with Crippen LogP contribution in [-0.4, -0.2) is 26.0 Å². The Hall–Kier alpha value is -2.89. The molecule has 2 aromatic carbocycles. The molecule has 1 aliphatic heterocycles. The van der Waals surface area contributed by atoms with Crippen LogP contribution in [0.5, 0.6) is 17.2 Å². The van der Waals surface area contributed by atoms with Gasteiger partial charge in [0, 0.05) is 11.8 Å². The molecule has 0 bridgehead atoms. The summed E-state index contributed by atoms with van der Waals surface area (Å²) in [6, 6.07) is 12.7. The zero-order valence-electron chi connectivity index (χ0n) is 12.8. The van der Waals surface area contributed by atoms with Crippen molar-refractivity contribution in [2.45, 2.75) is 6.92 Å². The first kappa shape index (κ1) is 15.0. The Balaban J connectivity index is 1.41. The van der Waals surface area contributed by atoms with E-state index in [1.165, 1.54) is 0 Å². The van der Waals surface area contributed by atoms with Gasteiger partial charge in [-0.3, -0.25) is 0 Å². The van der Waals surface area contributed by atoms with E-state index in [4.69, 9.17) is 14.2 Å². The van der Waals surface area contributed by atoms with Crippen LogP contribution >= 0.6 is 0 Å². The van der Waals surface area contributed by atoms with Crippen LogP contribution in [0.3, 0.4) is 0 Å². The average Bonchev–Trinajstić information content (AvgIpc) is 3.01. The van der Waals surface area contributed by atoms with E-state index in [-0.39, 0.29) is 12.8 Å². The molecule has 6 heteroatoms. The molecule has 23 heavy (non-hydrogen) atoms. The fraction of sp³-hybridized carbons (Fsp3) is 0.235. The predicted molar refractivity (Wildman–Crippen MR) is 86.3 cm³/mol. The third-order valence-electron chi connectivity index (χ3n) is 3.39. The third-order valence-corrected chi connectivity index (χ3v) is 3.39. The lowest BCUT2D eigenvalue weighted by Crippen LogP contribution is -2.32. The van der Waals surface area contributed by atoms with E-state index in [0.717, 1.165) is 11.3 Å². The van der Waals surface area contributed by atoms with E-state index in [2.05, 4.69) is 10.6 Å². The van der Waals surface area contributed by atoms with Gasteiger partial charge < -0.3 is 24.8 Å². The largest absolute Gasteiger partial charge is 0.492 e. The van der Waals surface area contributed by atoms with Gasteiger partial charge in [0.15, 0.2) is 11.5 Å². The van der Waals surface area contributed by atoms with Gasteiger partial charge in [-0.1, -0.05) is 18.2 Å². The van der Waals surface area contributed by atoms with E-state index in [9.17, 15) is 4.79 Å². The van der Waals surface area contributed by atoms with Gasteiger partial charge in [-0.15, -0.1) is 0 Å². The van der Waals surface area contributed by atoms with Crippen molar-refractivity contribution < 1.29 is 19.0 Å². The van der Waals surface area contributed by atoms with E-state index < -0.39 is 0 Å². The van der Waals surface area contributed by atoms with Crippen molar-refractivity contribution >= 4 is 11.7 Å². The maximum Gasteiger partial charge on any atom is 0.319 e. The molecule has 0 fully saturated rings. The van der Waals surface area contributed by atoms with Crippen LogP contribution in [-0.2, 0) is 0 Å². The first-order chi connectivity index (χ1) is 11.2. The number of rotatable bonds is 5. The van der Waals surface area contributed by atoms with Gasteiger partial charge in [-0.2, -0.15) is 0 Å². The zero-order valence-corrected chi connectivity index (χ0v) is 12.8. The second-order valence-corrected chi connectivity index (χ2v) is 5.06. The molecular weight excluding hydrogens is 296 g/mol. The van der Waals surface area contributed by atoms with Crippen molar-refractivity contribution in [3.63, 3.8) is 0 Å². The summed E-state index contributed by atoms with van der Waals surface area (Å²) >= 11 is 0. The molecule has 0 spiro atoms. The molecule has 1 aliphatic rings. The number of hydrogen-bond acceptors (Lipinski definition) is 4. The summed E-state index contributed by atoms with van der Waals surface area (Å²) in [7, 11) is 0. The Morgan fingerprint density at radius 1 is 1.17 bits per heavy atom. The van der Waals surface area contributed by atoms with Crippen molar-refractivity contribution in [2.24, 2.45) is 0 Å². The third kappa shape index (κ3) is 3.85. The molecule has 0 aliphatic carbocycles. The van der Waals surface area contributed by atoms with Crippen molar-refractivity contribution in [3.05, 3.63) is 48.0 Å². The fourth-order valence-corrected chi connectivity index (χ4v) is 2.18. The van der Waals surface area contributed by atoms with Gasteiger partial charge in [-0.05, 0) is 30.7 Å². The Kier molecular flexibility index (Phi) is 4.52. The van der Waals surface area contributed by atoms with Crippen LogP contribution < -0.4 is 24.8 Å². The number of amides is 2. The molecular formula is C17H18N2O4. The highest BCUT2D eigenvalue weighted by molar-refractivity contribution is 5.89. The molecule has 2 aromatic rings. The molecule has 0 radical (unpaired) electrons. The second-order valence-electron chi connectivity index (χ2n) is 5.06. The highest BCUT2D eigenvalue weighted by Gasteiger charge is 2.13. The monoisotopic (exact) mass is 314 g/mol. The van der Waals surface area contributed by atoms with E-state index >= 15 is 0 Å². The Bertz CT molecular complexity index is 703. The molecule has 6 nitrogen and oxygen atoms in total. The Morgan fingerprint density at radius 3 is 2.87 bits per heavy atom. The van der Waals surface area contributed by atoms with Crippen LogP contribution in [0, 0.1) is 6.92 Å². The number of fused-ring (bicyclic) bond motifs is 1. The summed E-state index contributed by atoms with van der Waals surface area (Å²) in [6.07, 6.45) is 0. The summed E-state index contributed by atoms with van der Waals surface area (Å²) in [5.41, 5.74) is 1.81. The number of urea groups is 1. The number of hydrogen-bond donors (Lipinski definition) is 2. The minimum absolute atomic E-state index is 0.236. The van der Waals surface area contributed by atoms with Crippen LogP contribution in [0.1, 0.15) is 5.56 Å². The SMILES string of the molecule is Cc1ccccc1NC(=O)NCCOc1ccc2c(c1)OCO2. The number of nitrogens with one attached hydrogen (secondary N) is 2. The Labute approximate surface area is 134 Å². The minimum Gasteiger partial charge on any atom is -0.492 e. The first-order valence-electron chi connectivity index (χ1n) is 7.35. The maximum atomic E-state index is 11.8. The van der Waals surface area contributed by atoms with Crippen molar-refractivity contribution in [1.29, 1.82) is 0 Å². The van der Waals surface area contributed by atoms with E-state index in [1.807, 2.05) is 31.2 Å². The molecule has 0 aromatic heterocycles. The topological polar surface area (TPSA) is 68.8 Å². The second kappa shape index (κ2) is 6.91. The van der Waals surface area contributed by atoms with Gasteiger partial charge in [-0.25, -0.2) is 4.79 Å². The van der Waals surface area contributed by atoms with Gasteiger partial charge in [0.05, 0.1) is 6.54 Å². The number of carbonyl (C=O) groups is 1. The van der Waals surface area contributed by atoms with Crippen LogP contribution in [0.25, 0.3) is 0 Å². The zero-order chi connectivity index (χ0) is 16.1.